The SMILES string of the molecule is CCc1ccc(NC2CCCC(C(C)(C)C)CC2)cc1. The predicted molar refractivity (Wildman–Crippen MR) is 89.3 cm³/mol. The van der Waals surface area contributed by atoms with E-state index < -0.39 is 0 Å². The van der Waals surface area contributed by atoms with Crippen molar-refractivity contribution in [3.05, 3.63) is 29.8 Å². The number of rotatable bonds is 3. The van der Waals surface area contributed by atoms with Crippen LogP contribution in [0.25, 0.3) is 0 Å². The lowest BCUT2D eigenvalue weighted by atomic mass is 9.76. The summed E-state index contributed by atoms with van der Waals surface area (Å²) < 4.78 is 0. The molecule has 20 heavy (non-hydrogen) atoms. The maximum atomic E-state index is 3.74. The fourth-order valence-corrected chi connectivity index (χ4v) is 3.38. The van der Waals surface area contributed by atoms with Crippen LogP contribution in [-0.4, -0.2) is 6.04 Å². The minimum atomic E-state index is 0.470. The number of anilines is 1. The van der Waals surface area contributed by atoms with E-state index in [1.807, 2.05) is 0 Å². The highest BCUT2D eigenvalue weighted by Gasteiger charge is 2.27. The van der Waals surface area contributed by atoms with Crippen LogP contribution in [0.1, 0.15) is 65.4 Å². The molecule has 1 aliphatic carbocycles. The van der Waals surface area contributed by atoms with Gasteiger partial charge in [-0.15, -0.1) is 0 Å². The van der Waals surface area contributed by atoms with E-state index in [9.17, 15) is 0 Å². The Morgan fingerprint density at radius 3 is 2.30 bits per heavy atom. The minimum Gasteiger partial charge on any atom is -0.382 e. The molecule has 1 fully saturated rings. The summed E-state index contributed by atoms with van der Waals surface area (Å²) in [4.78, 5) is 0. The van der Waals surface area contributed by atoms with Gasteiger partial charge in [-0.2, -0.15) is 0 Å². The van der Waals surface area contributed by atoms with E-state index >= 15 is 0 Å². The third kappa shape index (κ3) is 4.26. The lowest BCUT2D eigenvalue weighted by Crippen LogP contribution is -2.21. The molecule has 0 aliphatic heterocycles. The van der Waals surface area contributed by atoms with E-state index in [1.54, 1.807) is 0 Å². The maximum absolute atomic E-state index is 3.74. The highest BCUT2D eigenvalue weighted by Crippen LogP contribution is 2.37. The highest BCUT2D eigenvalue weighted by molar-refractivity contribution is 5.45. The van der Waals surface area contributed by atoms with E-state index in [1.165, 1.54) is 43.4 Å². The second-order valence-electron chi connectivity index (χ2n) is 7.46. The molecular weight excluding hydrogens is 242 g/mol. The molecule has 1 aromatic rings. The van der Waals surface area contributed by atoms with Crippen molar-refractivity contribution in [3.63, 3.8) is 0 Å². The van der Waals surface area contributed by atoms with E-state index in [-0.39, 0.29) is 0 Å². The molecule has 112 valence electrons. The molecule has 1 N–H and O–H groups in total. The van der Waals surface area contributed by atoms with Crippen molar-refractivity contribution in [2.45, 2.75) is 72.3 Å². The lowest BCUT2D eigenvalue weighted by molar-refractivity contribution is 0.214. The van der Waals surface area contributed by atoms with E-state index in [2.05, 4.69) is 57.3 Å². The smallest absolute Gasteiger partial charge is 0.0342 e. The summed E-state index contributed by atoms with van der Waals surface area (Å²) in [6.07, 6.45) is 7.90. The van der Waals surface area contributed by atoms with Gasteiger partial charge in [-0.3, -0.25) is 0 Å². The molecular formula is C19H31N. The monoisotopic (exact) mass is 273 g/mol. The summed E-state index contributed by atoms with van der Waals surface area (Å²) in [5, 5.41) is 3.74. The van der Waals surface area contributed by atoms with Crippen LogP contribution in [0.15, 0.2) is 24.3 Å². The van der Waals surface area contributed by atoms with Crippen molar-refractivity contribution in [1.29, 1.82) is 0 Å². The van der Waals surface area contributed by atoms with Crippen LogP contribution in [0, 0.1) is 11.3 Å². The number of hydrogen-bond acceptors (Lipinski definition) is 1. The van der Waals surface area contributed by atoms with E-state index in [4.69, 9.17) is 0 Å². The number of benzene rings is 1. The van der Waals surface area contributed by atoms with Crippen molar-refractivity contribution >= 4 is 5.69 Å². The van der Waals surface area contributed by atoms with Gasteiger partial charge in [0.05, 0.1) is 0 Å². The average Bonchev–Trinajstić information content (AvgIpc) is 2.65. The highest BCUT2D eigenvalue weighted by atomic mass is 14.9. The average molecular weight is 273 g/mol. The van der Waals surface area contributed by atoms with Crippen LogP contribution < -0.4 is 5.32 Å². The quantitative estimate of drug-likeness (QED) is 0.701. The maximum Gasteiger partial charge on any atom is 0.0342 e. The third-order valence-corrected chi connectivity index (χ3v) is 4.93. The second-order valence-corrected chi connectivity index (χ2v) is 7.46. The fourth-order valence-electron chi connectivity index (χ4n) is 3.38. The van der Waals surface area contributed by atoms with Crippen LogP contribution in [0.4, 0.5) is 5.69 Å². The first-order chi connectivity index (χ1) is 9.49. The van der Waals surface area contributed by atoms with Gasteiger partial charge in [-0.25, -0.2) is 0 Å². The Labute approximate surface area is 125 Å². The van der Waals surface area contributed by atoms with Gasteiger partial charge in [-0.05, 0) is 61.1 Å². The summed E-state index contributed by atoms with van der Waals surface area (Å²) >= 11 is 0. The largest absolute Gasteiger partial charge is 0.382 e. The first-order valence-corrected chi connectivity index (χ1v) is 8.34. The molecule has 2 rings (SSSR count). The Morgan fingerprint density at radius 1 is 1.00 bits per heavy atom. The molecule has 0 radical (unpaired) electrons. The van der Waals surface area contributed by atoms with Gasteiger partial charge >= 0.3 is 0 Å². The van der Waals surface area contributed by atoms with Crippen LogP contribution in [0.5, 0.6) is 0 Å². The summed E-state index contributed by atoms with van der Waals surface area (Å²) in [7, 11) is 0. The molecule has 2 atom stereocenters. The van der Waals surface area contributed by atoms with Gasteiger partial charge in [0, 0.05) is 11.7 Å². The van der Waals surface area contributed by atoms with E-state index in [0.29, 0.717) is 11.5 Å². The van der Waals surface area contributed by atoms with Gasteiger partial charge in [0.2, 0.25) is 0 Å². The Kier molecular flexibility index (Phi) is 5.12. The van der Waals surface area contributed by atoms with Gasteiger partial charge in [0.25, 0.3) is 0 Å². The Balaban J connectivity index is 1.90. The van der Waals surface area contributed by atoms with Gasteiger partial charge in [0.1, 0.15) is 0 Å². The topological polar surface area (TPSA) is 12.0 Å². The molecule has 2 unspecified atom stereocenters. The molecule has 0 spiro atoms. The van der Waals surface area contributed by atoms with Gasteiger partial charge < -0.3 is 5.32 Å². The molecule has 0 bridgehead atoms. The van der Waals surface area contributed by atoms with Crippen molar-refractivity contribution in [1.82, 2.24) is 0 Å². The molecule has 1 nitrogen and oxygen atoms in total. The van der Waals surface area contributed by atoms with Crippen molar-refractivity contribution in [2.75, 3.05) is 5.32 Å². The predicted octanol–water partition coefficient (Wildman–Crippen LogP) is 5.66. The summed E-state index contributed by atoms with van der Waals surface area (Å²) in [5.41, 5.74) is 3.18. The first kappa shape index (κ1) is 15.4. The van der Waals surface area contributed by atoms with Gasteiger partial charge in [-0.1, -0.05) is 46.2 Å². The number of nitrogens with one attached hydrogen (secondary N) is 1. The second kappa shape index (κ2) is 6.65. The zero-order chi connectivity index (χ0) is 14.6. The normalized spacial score (nSPS) is 24.2. The molecule has 0 saturated heterocycles. The third-order valence-electron chi connectivity index (χ3n) is 4.93. The number of hydrogen-bond donors (Lipinski definition) is 1. The van der Waals surface area contributed by atoms with Crippen molar-refractivity contribution in [3.8, 4) is 0 Å². The Bertz CT molecular complexity index is 399. The summed E-state index contributed by atoms with van der Waals surface area (Å²) in [6.45, 7) is 9.40. The van der Waals surface area contributed by atoms with Gasteiger partial charge in [0.15, 0.2) is 0 Å². The molecule has 1 aliphatic rings. The first-order valence-electron chi connectivity index (χ1n) is 8.34. The van der Waals surface area contributed by atoms with Crippen molar-refractivity contribution < 1.29 is 0 Å². The molecule has 1 aromatic carbocycles. The molecule has 0 amide bonds. The molecule has 1 saturated carbocycles. The minimum absolute atomic E-state index is 0.470. The van der Waals surface area contributed by atoms with Crippen LogP contribution >= 0.6 is 0 Å². The summed E-state index contributed by atoms with van der Waals surface area (Å²) in [6, 6.07) is 9.64. The fraction of sp³-hybridized carbons (Fsp3) is 0.684. The Morgan fingerprint density at radius 2 is 1.70 bits per heavy atom. The molecule has 0 aromatic heterocycles. The number of aryl methyl sites for hydroxylation is 1. The lowest BCUT2D eigenvalue weighted by Gasteiger charge is -2.29. The zero-order valence-corrected chi connectivity index (χ0v) is 13.7. The van der Waals surface area contributed by atoms with E-state index in [0.717, 1.165) is 12.3 Å². The van der Waals surface area contributed by atoms with Crippen molar-refractivity contribution in [2.24, 2.45) is 11.3 Å². The van der Waals surface area contributed by atoms with Crippen LogP contribution in [0.2, 0.25) is 0 Å². The molecule has 1 heteroatoms. The standard InChI is InChI=1S/C19H31N/c1-5-15-9-12-18(13-10-15)20-17-8-6-7-16(11-14-17)19(2,3)4/h9-10,12-13,16-17,20H,5-8,11,14H2,1-4H3. The Hall–Kier alpha value is -0.980. The molecule has 0 heterocycles. The van der Waals surface area contributed by atoms with Crippen LogP contribution in [0.3, 0.4) is 0 Å². The van der Waals surface area contributed by atoms with Crippen LogP contribution in [-0.2, 0) is 6.42 Å². The summed E-state index contributed by atoms with van der Waals surface area (Å²) in [5.74, 6) is 0.886. The zero-order valence-electron chi connectivity index (χ0n) is 13.7.